The fourth-order valence-corrected chi connectivity index (χ4v) is 3.32. The molecule has 2 saturated carbocycles. The van der Waals surface area contributed by atoms with Crippen LogP contribution in [0.3, 0.4) is 0 Å². The molecule has 5 heteroatoms. The van der Waals surface area contributed by atoms with Gasteiger partial charge < -0.3 is 20.5 Å². The van der Waals surface area contributed by atoms with Gasteiger partial charge in [0.15, 0.2) is 0 Å². The van der Waals surface area contributed by atoms with Crippen LogP contribution in [-0.2, 0) is 14.3 Å². The van der Waals surface area contributed by atoms with Crippen LogP contribution in [0, 0.1) is 5.92 Å². The normalized spacial score (nSPS) is 29.2. The number of nitrogens with two attached hydrogens (primary N) is 1. The molecule has 0 radical (unpaired) electrons. The molecule has 2 aliphatic rings. The molecule has 0 saturated heterocycles. The van der Waals surface area contributed by atoms with Gasteiger partial charge in [0.05, 0.1) is 19.3 Å². The quantitative estimate of drug-likeness (QED) is 0.601. The van der Waals surface area contributed by atoms with E-state index >= 15 is 0 Å². The number of amides is 1. The van der Waals surface area contributed by atoms with Crippen LogP contribution in [0.2, 0.25) is 0 Å². The van der Waals surface area contributed by atoms with Crippen molar-refractivity contribution in [1.29, 1.82) is 0 Å². The molecule has 2 aliphatic carbocycles. The smallest absolute Gasteiger partial charge is 0.238 e. The van der Waals surface area contributed by atoms with E-state index in [0.717, 1.165) is 25.7 Å². The van der Waals surface area contributed by atoms with Gasteiger partial charge in [-0.1, -0.05) is 6.42 Å². The molecule has 0 aromatic carbocycles. The molecule has 0 spiro atoms. The molecule has 0 aromatic rings. The lowest BCUT2D eigenvalue weighted by atomic mass is 9.84. The molecule has 2 unspecified atom stereocenters. The number of ether oxygens (including phenoxy) is 2. The number of primary amides is 1. The van der Waals surface area contributed by atoms with Gasteiger partial charge in [-0.2, -0.15) is 0 Å². The maximum atomic E-state index is 12.0. The van der Waals surface area contributed by atoms with E-state index in [1.54, 1.807) is 0 Å². The first kappa shape index (κ1) is 16.7. The van der Waals surface area contributed by atoms with E-state index in [1.807, 2.05) is 13.8 Å². The fourth-order valence-electron chi connectivity index (χ4n) is 3.32. The first-order chi connectivity index (χ1) is 10.0. The van der Waals surface area contributed by atoms with Crippen molar-refractivity contribution in [1.82, 2.24) is 5.32 Å². The summed E-state index contributed by atoms with van der Waals surface area (Å²) >= 11 is 0. The molecule has 2 atom stereocenters. The maximum Gasteiger partial charge on any atom is 0.238 e. The summed E-state index contributed by atoms with van der Waals surface area (Å²) in [7, 11) is 0. The Labute approximate surface area is 127 Å². The summed E-state index contributed by atoms with van der Waals surface area (Å²) in [5, 5.41) is 3.53. The lowest BCUT2D eigenvalue weighted by Crippen LogP contribution is -2.58. The zero-order valence-electron chi connectivity index (χ0n) is 13.4. The van der Waals surface area contributed by atoms with Gasteiger partial charge in [0.1, 0.15) is 5.54 Å². The summed E-state index contributed by atoms with van der Waals surface area (Å²) < 4.78 is 11.1. The Morgan fingerprint density at radius 2 is 2.05 bits per heavy atom. The summed E-state index contributed by atoms with van der Waals surface area (Å²) in [6, 6.07) is 0.499. The van der Waals surface area contributed by atoms with Gasteiger partial charge in [-0.15, -0.1) is 0 Å². The Hall–Kier alpha value is -0.650. The minimum absolute atomic E-state index is 0.181. The van der Waals surface area contributed by atoms with E-state index in [0.29, 0.717) is 31.8 Å². The van der Waals surface area contributed by atoms with Crippen LogP contribution in [-0.4, -0.2) is 43.4 Å². The van der Waals surface area contributed by atoms with Crippen LogP contribution in [0.4, 0.5) is 0 Å². The van der Waals surface area contributed by atoms with Crippen molar-refractivity contribution < 1.29 is 14.3 Å². The lowest BCUT2D eigenvalue weighted by molar-refractivity contribution is -0.126. The highest BCUT2D eigenvalue weighted by Gasteiger charge is 2.49. The van der Waals surface area contributed by atoms with Crippen molar-refractivity contribution in [2.24, 2.45) is 11.7 Å². The van der Waals surface area contributed by atoms with E-state index in [2.05, 4.69) is 5.32 Å². The summed E-state index contributed by atoms with van der Waals surface area (Å²) in [4.78, 5) is 12.0. The Morgan fingerprint density at radius 1 is 1.29 bits per heavy atom. The van der Waals surface area contributed by atoms with Crippen molar-refractivity contribution in [3.05, 3.63) is 0 Å². The molecular formula is C16H30N2O3. The average molecular weight is 298 g/mol. The molecule has 3 N–H and O–H groups in total. The number of nitrogens with one attached hydrogen (secondary N) is 1. The minimum Gasteiger partial charge on any atom is -0.379 e. The second kappa shape index (κ2) is 7.56. The first-order valence-corrected chi connectivity index (χ1v) is 8.31. The molecule has 0 aromatic heterocycles. The highest BCUT2D eigenvalue weighted by atomic mass is 16.5. The molecule has 0 bridgehead atoms. The largest absolute Gasteiger partial charge is 0.379 e. The highest BCUT2D eigenvalue weighted by Crippen LogP contribution is 2.40. The predicted octanol–water partition coefficient (Wildman–Crippen LogP) is 1.59. The topological polar surface area (TPSA) is 73.6 Å². The third-order valence-corrected chi connectivity index (χ3v) is 4.59. The Bertz CT molecular complexity index is 344. The summed E-state index contributed by atoms with van der Waals surface area (Å²) in [5.41, 5.74) is 5.24. The van der Waals surface area contributed by atoms with E-state index in [9.17, 15) is 4.79 Å². The Morgan fingerprint density at radius 3 is 2.67 bits per heavy atom. The van der Waals surface area contributed by atoms with Crippen LogP contribution in [0.15, 0.2) is 0 Å². The second-order valence-corrected chi connectivity index (χ2v) is 6.66. The van der Waals surface area contributed by atoms with Gasteiger partial charge in [0.25, 0.3) is 0 Å². The average Bonchev–Trinajstić information content (AvgIpc) is 3.13. The van der Waals surface area contributed by atoms with Crippen molar-refractivity contribution >= 4 is 5.91 Å². The Kier molecular flexibility index (Phi) is 6.02. The first-order valence-electron chi connectivity index (χ1n) is 8.31. The zero-order valence-corrected chi connectivity index (χ0v) is 13.4. The van der Waals surface area contributed by atoms with Crippen molar-refractivity contribution in [2.75, 3.05) is 19.8 Å². The molecule has 2 fully saturated rings. The summed E-state index contributed by atoms with van der Waals surface area (Å²) in [6.07, 6.45) is 6.49. The molecule has 5 nitrogen and oxygen atoms in total. The zero-order chi connectivity index (χ0) is 15.3. The summed E-state index contributed by atoms with van der Waals surface area (Å²) in [6.45, 7) is 5.95. The predicted molar refractivity (Wildman–Crippen MR) is 81.9 cm³/mol. The molecule has 2 rings (SSSR count). The molecule has 0 aliphatic heterocycles. The van der Waals surface area contributed by atoms with Crippen LogP contribution in [0.25, 0.3) is 0 Å². The third-order valence-electron chi connectivity index (χ3n) is 4.59. The number of rotatable bonds is 10. The van der Waals surface area contributed by atoms with E-state index < -0.39 is 5.54 Å². The monoisotopic (exact) mass is 298 g/mol. The van der Waals surface area contributed by atoms with E-state index in [1.165, 1.54) is 12.8 Å². The van der Waals surface area contributed by atoms with Gasteiger partial charge in [-0.3, -0.25) is 4.79 Å². The number of carbonyl (C=O) groups excluding carboxylic acids is 1. The van der Waals surface area contributed by atoms with E-state index in [-0.39, 0.29) is 12.0 Å². The standard InChI is InChI=1S/C16H30N2O3/c1-12(2)21-11-10-20-9-7-13-4-3-8-16(13,15(17)19)18-14-5-6-14/h12-14,18H,3-11H2,1-2H3,(H2,17,19). The van der Waals surface area contributed by atoms with Gasteiger partial charge in [0, 0.05) is 12.6 Å². The molecular weight excluding hydrogens is 268 g/mol. The van der Waals surface area contributed by atoms with Gasteiger partial charge in [0.2, 0.25) is 5.91 Å². The highest BCUT2D eigenvalue weighted by molar-refractivity contribution is 5.85. The number of hydrogen-bond donors (Lipinski definition) is 2. The van der Waals surface area contributed by atoms with E-state index in [4.69, 9.17) is 15.2 Å². The lowest BCUT2D eigenvalue weighted by Gasteiger charge is -2.34. The number of carbonyl (C=O) groups is 1. The van der Waals surface area contributed by atoms with Gasteiger partial charge >= 0.3 is 0 Å². The molecule has 21 heavy (non-hydrogen) atoms. The third kappa shape index (κ3) is 4.66. The fraction of sp³-hybridized carbons (Fsp3) is 0.938. The van der Waals surface area contributed by atoms with Crippen molar-refractivity contribution in [2.45, 2.75) is 70.1 Å². The molecule has 122 valence electrons. The second-order valence-electron chi connectivity index (χ2n) is 6.66. The van der Waals surface area contributed by atoms with Crippen molar-refractivity contribution in [3.8, 4) is 0 Å². The molecule has 0 heterocycles. The van der Waals surface area contributed by atoms with Crippen LogP contribution in [0.1, 0.15) is 52.4 Å². The number of hydrogen-bond acceptors (Lipinski definition) is 4. The van der Waals surface area contributed by atoms with Gasteiger partial charge in [-0.25, -0.2) is 0 Å². The SMILES string of the molecule is CC(C)OCCOCCC1CCCC1(NC1CC1)C(N)=O. The Balaban J connectivity index is 1.73. The van der Waals surface area contributed by atoms with Gasteiger partial charge in [-0.05, 0) is 51.9 Å². The molecule has 1 amide bonds. The van der Waals surface area contributed by atoms with Crippen LogP contribution >= 0.6 is 0 Å². The maximum absolute atomic E-state index is 12.0. The van der Waals surface area contributed by atoms with Crippen LogP contribution < -0.4 is 11.1 Å². The minimum atomic E-state index is -0.487. The van der Waals surface area contributed by atoms with Crippen molar-refractivity contribution in [3.63, 3.8) is 0 Å². The summed E-state index contributed by atoms with van der Waals surface area (Å²) in [5.74, 6) is 0.127. The van der Waals surface area contributed by atoms with Crippen LogP contribution in [0.5, 0.6) is 0 Å².